The van der Waals surface area contributed by atoms with E-state index in [1.807, 2.05) is 0 Å². The summed E-state index contributed by atoms with van der Waals surface area (Å²) >= 11 is 5.53. The van der Waals surface area contributed by atoms with E-state index in [0.29, 0.717) is 16.0 Å². The molecule has 0 spiro atoms. The molecule has 1 aromatic rings. The van der Waals surface area contributed by atoms with Crippen LogP contribution >= 0.6 is 11.6 Å². The maximum atomic E-state index is 14.4. The predicted molar refractivity (Wildman–Crippen MR) is 339 cm³/mol. The van der Waals surface area contributed by atoms with Gasteiger partial charge in [0, 0.05) is 54.8 Å². The Bertz CT molecular complexity index is 3610. The lowest BCUT2D eigenvalue weighted by molar-refractivity contribution is -0.172. The van der Waals surface area contributed by atoms with Crippen LogP contribution in [-0.4, -0.2) is 292 Å². The molecule has 568 valence electrons. The van der Waals surface area contributed by atoms with Crippen molar-refractivity contribution in [2.75, 3.05) is 45.4 Å². The normalized spacial score (nSPS) is 34.8. The van der Waals surface area contributed by atoms with Crippen LogP contribution in [0.2, 0.25) is 0 Å². The molecule has 4 saturated heterocycles. The molecule has 0 aliphatic carbocycles. The summed E-state index contributed by atoms with van der Waals surface area (Å²) in [5, 5.41) is 88.9. The molecule has 0 radical (unpaired) electrons. The number of terminal acetylenes is 1. The molecule has 18 atom stereocenters. The number of amides is 5. The average Bonchev–Trinajstić information content (AvgIpc) is 1.63. The van der Waals surface area contributed by atoms with Gasteiger partial charge in [-0.15, -0.1) is 6.42 Å². The van der Waals surface area contributed by atoms with Crippen molar-refractivity contribution in [1.29, 1.82) is 0 Å². The summed E-state index contributed by atoms with van der Waals surface area (Å²) in [6.07, 6.45) is 3.45. The van der Waals surface area contributed by atoms with Gasteiger partial charge in [0.15, 0.2) is 71.2 Å². The number of rotatable bonds is 12. The second-order valence-corrected chi connectivity index (χ2v) is 25.1. The Kier molecular flexibility index (Phi) is 27.5. The molecule has 11 aliphatic heterocycles. The van der Waals surface area contributed by atoms with Crippen LogP contribution in [-0.2, 0) is 76.4 Å². The third-order valence-electron chi connectivity index (χ3n) is 17.0. The van der Waals surface area contributed by atoms with Crippen molar-refractivity contribution in [3.63, 3.8) is 0 Å². The van der Waals surface area contributed by atoms with Crippen LogP contribution in [0.3, 0.4) is 0 Å². The quantitative estimate of drug-likeness (QED) is 0.0311. The zero-order chi connectivity index (χ0) is 77.2. The molecule has 104 heavy (non-hydrogen) atoms. The van der Waals surface area contributed by atoms with Crippen LogP contribution in [0.1, 0.15) is 65.5 Å². The highest BCUT2D eigenvalue weighted by molar-refractivity contribution is 6.24. The van der Waals surface area contributed by atoms with E-state index in [1.54, 1.807) is 38.2 Å². The molecular weight excluding hydrogens is 1420 g/mol. The number of nitrogens with zero attached hydrogens (tertiary/aromatic N) is 7. The number of anilines is 1. The number of halogens is 5. The summed E-state index contributed by atoms with van der Waals surface area (Å²) in [5.41, 5.74) is 2.46. The van der Waals surface area contributed by atoms with Gasteiger partial charge in [0.2, 0.25) is 35.8 Å². The molecule has 12 heterocycles. The van der Waals surface area contributed by atoms with Gasteiger partial charge < -0.3 is 85.2 Å². The Morgan fingerprint density at radius 3 is 1.44 bits per heavy atom. The second-order valence-electron chi connectivity index (χ2n) is 24.5. The predicted octanol–water partition coefficient (Wildman–Crippen LogP) is -4.19. The number of aromatic nitrogens is 2. The van der Waals surface area contributed by atoms with E-state index in [0.717, 1.165) is 53.6 Å². The van der Waals surface area contributed by atoms with Crippen LogP contribution in [0.4, 0.5) is 23.4 Å². The van der Waals surface area contributed by atoms with Gasteiger partial charge in [0.25, 0.3) is 5.13 Å². The summed E-state index contributed by atoms with van der Waals surface area (Å²) in [4.78, 5) is 134. The van der Waals surface area contributed by atoms with Gasteiger partial charge >= 0.3 is 11.6 Å². The molecule has 5 amide bonds. The number of alkyl halides is 5. The van der Waals surface area contributed by atoms with Crippen LogP contribution in [0.25, 0.3) is 0 Å². The molecule has 0 saturated carbocycles. The Morgan fingerprint density at radius 1 is 0.577 bits per heavy atom. The fourth-order valence-electron chi connectivity index (χ4n) is 11.1. The highest BCUT2D eigenvalue weighted by Gasteiger charge is 2.62. The van der Waals surface area contributed by atoms with E-state index in [9.17, 15) is 95.8 Å². The lowest BCUT2D eigenvalue weighted by atomic mass is 9.97. The fourth-order valence-corrected chi connectivity index (χ4v) is 11.4. The van der Waals surface area contributed by atoms with Crippen molar-refractivity contribution in [2.24, 2.45) is 0 Å². The Hall–Kier alpha value is -8.51. The minimum absolute atomic E-state index is 0.111. The lowest BCUT2D eigenvalue weighted by Gasteiger charge is -2.32. The summed E-state index contributed by atoms with van der Waals surface area (Å²) in [6.45, 7) is 1.66. The number of ether oxygens (including phenoxy) is 6. The molecule has 35 nitrogen and oxygen atoms in total. The number of allylic oxidation sites excluding steroid dienone is 5. The van der Waals surface area contributed by atoms with Gasteiger partial charge in [-0.05, 0) is 63.3 Å². The summed E-state index contributed by atoms with van der Waals surface area (Å²) in [5.74, 6) is -5.56. The van der Waals surface area contributed by atoms with Crippen molar-refractivity contribution >= 4 is 75.9 Å². The molecule has 0 aromatic carbocycles. The number of carbonyl (C=O) groups excluding carboxylic acids is 10. The van der Waals surface area contributed by atoms with Crippen molar-refractivity contribution in [2.45, 2.75) is 174 Å². The molecule has 40 heteroatoms. The first-order chi connectivity index (χ1) is 48.9. The highest BCUT2D eigenvalue weighted by atomic mass is 35.5. The van der Waals surface area contributed by atoms with Crippen molar-refractivity contribution in [3.05, 3.63) is 107 Å². The van der Waals surface area contributed by atoms with E-state index < -0.39 is 176 Å². The van der Waals surface area contributed by atoms with Gasteiger partial charge in [-0.2, -0.15) is 13.8 Å². The van der Waals surface area contributed by atoms with Crippen molar-refractivity contribution in [1.82, 2.24) is 34.1 Å². The second kappa shape index (κ2) is 34.6. The molecular formula is C64H75ClF4N8O27. The fraction of sp³-hybridized carbons (Fsp3) is 0.531. The maximum Gasteiger partial charge on any atom is 0.351 e. The Morgan fingerprint density at radius 2 is 1.03 bits per heavy atom. The van der Waals surface area contributed by atoms with Crippen molar-refractivity contribution in [3.8, 4) is 12.3 Å². The number of nitrogen functional groups attached to an aromatic ring is 1. The average molecular weight is 1500 g/mol. The standard InChI is InChI=1S/C13H13NO4.C11H14FNO5.C11H13NO4.C10H11ClFNO5.C10H11F2NO5.C9H13N3O4/c1-3-13(8-15)5-4-12(18-13)14-7-9(2)10(16)6-11(14)17;1-11(12)9(17)7(5-14)18-10(11)13-3-2-6(15)4-8(13)16;1-7-5-12(10(15)4-9(7)14)11-3-2-8(6-13)16-11;2*11-10(12)8(17)6(4-14)18-9(10)13-2-1-5(15)3-7(13)16;10-7-1-2-12(9(15)11-7)8-3-5(14)6(4-13)16-8/h1,4-5,7,12,15H,6,8H2,2H3;2-3,7,9-10,14,17H,4-5H2,1H3;2-3,5,8,11,13H,4,6H2,1H3;2*1-2,6,8-9,14,17H,3-4H2;1-2,5-6,8,13-14H,3-4H2,(H2,10,11,15)/t12-,13+;7-,9-,10-,11-;8-,11+;6-,8-,9-,10-;6-,8-,9-;5-,6+,8+/m110111/s1. The number of Topliss-reactive ketones (excluding diaryl/α,β-unsaturated/α-hetero) is 2. The molecule has 1 aromatic heterocycles. The van der Waals surface area contributed by atoms with Gasteiger partial charge in [-0.1, -0.05) is 23.6 Å². The van der Waals surface area contributed by atoms with E-state index >= 15 is 0 Å². The zero-order valence-corrected chi connectivity index (χ0v) is 56.1. The minimum Gasteiger partial charge on any atom is -0.394 e. The monoisotopic (exact) mass is 1500 g/mol. The molecule has 12 N–H and O–H groups in total. The molecule has 4 fully saturated rings. The Balaban J connectivity index is 0.000000175. The number of carbonyl (C=O) groups is 10. The number of hydrogen-bond acceptors (Lipinski definition) is 29. The van der Waals surface area contributed by atoms with Crippen LogP contribution in [0.5, 0.6) is 0 Å². The van der Waals surface area contributed by atoms with E-state index in [-0.39, 0.29) is 86.6 Å². The van der Waals surface area contributed by atoms with E-state index in [2.05, 4.69) is 10.9 Å². The number of ketones is 5. The van der Waals surface area contributed by atoms with Gasteiger partial charge in [-0.25, -0.2) is 13.6 Å². The maximum absolute atomic E-state index is 14.4. The minimum atomic E-state index is -3.71. The zero-order valence-electron chi connectivity index (χ0n) is 55.3. The van der Waals surface area contributed by atoms with E-state index in [4.69, 9.17) is 77.7 Å². The first kappa shape index (κ1) is 82.8. The van der Waals surface area contributed by atoms with Gasteiger partial charge in [0.1, 0.15) is 54.8 Å². The molecule has 0 unspecified atom stereocenters. The van der Waals surface area contributed by atoms with E-state index in [1.165, 1.54) is 39.0 Å². The van der Waals surface area contributed by atoms with Crippen LogP contribution in [0, 0.1) is 12.3 Å². The highest BCUT2D eigenvalue weighted by Crippen LogP contribution is 2.42. The summed E-state index contributed by atoms with van der Waals surface area (Å²) < 4.78 is 88.3. The largest absolute Gasteiger partial charge is 0.394 e. The smallest absolute Gasteiger partial charge is 0.351 e. The summed E-state index contributed by atoms with van der Waals surface area (Å²) in [7, 11) is 0. The number of aliphatic hydroxyl groups is 10. The van der Waals surface area contributed by atoms with Crippen LogP contribution in [0.15, 0.2) is 102 Å². The van der Waals surface area contributed by atoms with Gasteiger partial charge in [-0.3, -0.25) is 77.0 Å². The number of hydrogen-bond donors (Lipinski definition) is 11. The SMILES string of the molecule is C#C[C@@]1(CO)C=C[C@H](N2C=C(C)C(=O)CC2=O)O1.CC1=CN([C@H]2C=C[C@@H](CO)O2)C(=O)CC1=O.C[C@@]1(F)[C@H](O)[C@@H](CO)O[C@H]1N1C=CC(=O)CC1=O.Nc1ccn([C@@H]2C[C@@H](O)[C@H](CO)O2)c(=O)n1.O=C1C=CN([C@@H]2O[C@H](CO)[C@@H](O)C2(F)F)C(=O)C1.O=C1C=CN([C@@H]2O[C@H](CO)[C@@H](O)[C@]2(F)Cl)C(=O)C1. The molecule has 12 rings (SSSR count). The Labute approximate surface area is 592 Å². The molecule has 11 aliphatic rings. The third-order valence-corrected chi connectivity index (χ3v) is 17.5. The first-order valence-electron chi connectivity index (χ1n) is 31.5. The summed E-state index contributed by atoms with van der Waals surface area (Å²) in [6, 6.07) is 1.48. The van der Waals surface area contributed by atoms with Crippen LogP contribution < -0.4 is 11.4 Å². The van der Waals surface area contributed by atoms with Crippen molar-refractivity contribution < 1.29 is 145 Å². The number of aliphatic hydroxyl groups excluding tert-OH is 10. The lowest BCUT2D eigenvalue weighted by Crippen LogP contribution is -2.51. The van der Waals surface area contributed by atoms with Gasteiger partial charge in [0.05, 0.1) is 77.8 Å². The molecule has 0 bridgehead atoms. The topological polar surface area (TPSA) is 505 Å². The third kappa shape index (κ3) is 18.6. The first-order valence-corrected chi connectivity index (χ1v) is 31.8. The number of nitrogens with two attached hydrogens (primary N) is 1.